The average molecular weight is 414 g/mol. The van der Waals surface area contributed by atoms with Gasteiger partial charge in [-0.1, -0.05) is 13.8 Å². The number of amides is 4. The largest absolute Gasteiger partial charge is 0.416 e. The number of hydrogen-bond donors (Lipinski definition) is 4. The Hall–Kier alpha value is -2.66. The predicted octanol–water partition coefficient (Wildman–Crippen LogP) is 3.80. The molecule has 6 nitrogen and oxygen atoms in total. The number of benzene rings is 1. The van der Waals surface area contributed by atoms with Crippen molar-refractivity contribution >= 4 is 17.7 Å². The van der Waals surface area contributed by atoms with E-state index in [1.54, 1.807) is 13.8 Å². The number of anilines is 1. The van der Waals surface area contributed by atoms with E-state index in [-0.39, 0.29) is 18.5 Å². The molecule has 1 atom stereocenters. The van der Waals surface area contributed by atoms with E-state index in [2.05, 4.69) is 16.0 Å². The molecule has 0 aliphatic carbocycles. The van der Waals surface area contributed by atoms with Crippen molar-refractivity contribution in [1.82, 2.24) is 16.0 Å². The van der Waals surface area contributed by atoms with E-state index in [1.165, 1.54) is 7.05 Å². The molecule has 12 heteroatoms. The molecule has 0 saturated carbocycles. The molecule has 0 saturated heterocycles. The average Bonchev–Trinajstić information content (AvgIpc) is 2.56. The second kappa shape index (κ2) is 9.02. The maximum absolute atomic E-state index is 12.9. The molecule has 1 aromatic rings. The van der Waals surface area contributed by atoms with Gasteiger partial charge in [0, 0.05) is 19.3 Å². The highest BCUT2D eigenvalue weighted by atomic mass is 19.4. The molecule has 1 aromatic carbocycles. The van der Waals surface area contributed by atoms with Gasteiger partial charge in [-0.05, 0) is 24.1 Å². The van der Waals surface area contributed by atoms with Gasteiger partial charge >= 0.3 is 24.4 Å². The Kier molecular flexibility index (Phi) is 7.53. The topological polar surface area (TPSA) is 82.3 Å². The molecule has 0 spiro atoms. The molecule has 28 heavy (non-hydrogen) atoms. The predicted molar refractivity (Wildman–Crippen MR) is 89.7 cm³/mol. The fourth-order valence-corrected chi connectivity index (χ4v) is 2.11. The zero-order chi connectivity index (χ0) is 21.7. The first-order valence-electron chi connectivity index (χ1n) is 8.06. The Labute approximate surface area is 157 Å². The second-order valence-corrected chi connectivity index (χ2v) is 6.20. The van der Waals surface area contributed by atoms with Crippen molar-refractivity contribution in [3.63, 3.8) is 0 Å². The number of carbonyl (C=O) groups is 2. The van der Waals surface area contributed by atoms with Gasteiger partial charge in [-0.2, -0.15) is 26.3 Å². The Morgan fingerprint density at radius 2 is 1.43 bits per heavy atom. The second-order valence-electron chi connectivity index (χ2n) is 6.20. The van der Waals surface area contributed by atoms with E-state index in [1.807, 2.05) is 5.32 Å². The lowest BCUT2D eigenvalue weighted by Crippen LogP contribution is -2.49. The lowest BCUT2D eigenvalue weighted by Gasteiger charge is -2.23. The highest BCUT2D eigenvalue weighted by Crippen LogP contribution is 2.37. The van der Waals surface area contributed by atoms with Crippen molar-refractivity contribution in [3.8, 4) is 0 Å². The summed E-state index contributed by atoms with van der Waals surface area (Å²) < 4.78 is 77.1. The lowest BCUT2D eigenvalue weighted by atomic mass is 10.0. The highest BCUT2D eigenvalue weighted by Gasteiger charge is 2.37. The van der Waals surface area contributed by atoms with Gasteiger partial charge in [-0.3, -0.25) is 0 Å². The molecule has 0 bridgehead atoms. The quantitative estimate of drug-likeness (QED) is 0.553. The summed E-state index contributed by atoms with van der Waals surface area (Å²) >= 11 is 0. The maximum atomic E-state index is 12.9. The summed E-state index contributed by atoms with van der Waals surface area (Å²) in [5, 5.41) is 9.13. The SMILES string of the molecule is CNC(=O)NC[C@@H](NC(=O)Nc1cc(C(F)(F)F)cc(C(F)(F)F)c1)C(C)C. The molecule has 158 valence electrons. The Morgan fingerprint density at radius 1 is 0.929 bits per heavy atom. The summed E-state index contributed by atoms with van der Waals surface area (Å²) in [5.41, 5.74) is -3.75. The van der Waals surface area contributed by atoms with Crippen LogP contribution in [0.5, 0.6) is 0 Å². The molecule has 0 aromatic heterocycles. The molecular formula is C16H20F6N4O2. The van der Waals surface area contributed by atoms with Crippen molar-refractivity contribution in [2.75, 3.05) is 18.9 Å². The molecule has 0 aliphatic heterocycles. The van der Waals surface area contributed by atoms with Crippen LogP contribution in [0.4, 0.5) is 41.6 Å². The number of halogens is 6. The van der Waals surface area contributed by atoms with Gasteiger partial charge in [0.25, 0.3) is 0 Å². The molecule has 0 aliphatic rings. The van der Waals surface area contributed by atoms with Crippen LogP contribution in [0.15, 0.2) is 18.2 Å². The van der Waals surface area contributed by atoms with Crippen LogP contribution in [0.1, 0.15) is 25.0 Å². The van der Waals surface area contributed by atoms with Crippen molar-refractivity contribution in [2.24, 2.45) is 5.92 Å². The van der Waals surface area contributed by atoms with Gasteiger partial charge in [0.2, 0.25) is 0 Å². The lowest BCUT2D eigenvalue weighted by molar-refractivity contribution is -0.143. The number of hydrogen-bond acceptors (Lipinski definition) is 2. The fourth-order valence-electron chi connectivity index (χ4n) is 2.11. The van der Waals surface area contributed by atoms with Crippen LogP contribution >= 0.6 is 0 Å². The Bertz CT molecular complexity index is 671. The van der Waals surface area contributed by atoms with Gasteiger partial charge < -0.3 is 21.3 Å². The van der Waals surface area contributed by atoms with E-state index in [4.69, 9.17) is 0 Å². The first-order chi connectivity index (χ1) is 12.7. The zero-order valence-corrected chi connectivity index (χ0v) is 15.2. The van der Waals surface area contributed by atoms with E-state index in [9.17, 15) is 35.9 Å². The van der Waals surface area contributed by atoms with Crippen LogP contribution in [-0.2, 0) is 12.4 Å². The maximum Gasteiger partial charge on any atom is 0.416 e. The zero-order valence-electron chi connectivity index (χ0n) is 15.2. The molecule has 4 amide bonds. The van der Waals surface area contributed by atoms with Crippen molar-refractivity contribution in [3.05, 3.63) is 29.3 Å². The van der Waals surface area contributed by atoms with Crippen LogP contribution in [-0.4, -0.2) is 31.7 Å². The van der Waals surface area contributed by atoms with Gasteiger partial charge in [0.1, 0.15) is 0 Å². The normalized spacial score (nSPS) is 13.1. The summed E-state index contributed by atoms with van der Waals surface area (Å²) in [7, 11) is 1.38. The standard InChI is InChI=1S/C16H20F6N4O2/c1-8(2)12(7-24-13(27)23-3)26-14(28)25-11-5-9(15(17,18)19)4-10(6-11)16(20,21)22/h4-6,8,12H,7H2,1-3H3,(H2,23,24,27)(H2,25,26,28)/t12-/m1/s1. The Morgan fingerprint density at radius 3 is 1.82 bits per heavy atom. The van der Waals surface area contributed by atoms with Gasteiger partial charge in [0.05, 0.1) is 17.2 Å². The number of urea groups is 2. The first kappa shape index (κ1) is 23.4. The number of carbonyl (C=O) groups excluding carboxylic acids is 2. The minimum atomic E-state index is -5.02. The number of alkyl halides is 6. The van der Waals surface area contributed by atoms with Crippen molar-refractivity contribution < 1.29 is 35.9 Å². The molecule has 4 N–H and O–H groups in total. The van der Waals surface area contributed by atoms with Crippen LogP contribution in [0.25, 0.3) is 0 Å². The summed E-state index contributed by atoms with van der Waals surface area (Å²) in [5.74, 6) is -0.185. The molecule has 0 unspecified atom stereocenters. The third-order valence-corrected chi connectivity index (χ3v) is 3.68. The third kappa shape index (κ3) is 7.16. The van der Waals surface area contributed by atoms with Crippen LogP contribution < -0.4 is 21.3 Å². The molecule has 1 rings (SSSR count). The van der Waals surface area contributed by atoms with Gasteiger partial charge in [0.15, 0.2) is 0 Å². The highest BCUT2D eigenvalue weighted by molar-refractivity contribution is 5.89. The fraction of sp³-hybridized carbons (Fsp3) is 0.500. The minimum absolute atomic E-state index is 0.00114. The summed E-state index contributed by atoms with van der Waals surface area (Å²) in [4.78, 5) is 23.3. The van der Waals surface area contributed by atoms with E-state index in [0.29, 0.717) is 12.1 Å². The molecule has 0 radical (unpaired) electrons. The molecule has 0 heterocycles. The molecular weight excluding hydrogens is 394 g/mol. The van der Waals surface area contributed by atoms with E-state index in [0.717, 1.165) is 0 Å². The Balaban J connectivity index is 2.98. The van der Waals surface area contributed by atoms with Crippen molar-refractivity contribution in [1.29, 1.82) is 0 Å². The van der Waals surface area contributed by atoms with E-state index >= 15 is 0 Å². The summed E-state index contributed by atoms with van der Waals surface area (Å²) in [6, 6.07) is -1.37. The van der Waals surface area contributed by atoms with Gasteiger partial charge in [-0.15, -0.1) is 0 Å². The molecule has 0 fully saturated rings. The van der Waals surface area contributed by atoms with Crippen LogP contribution in [0.2, 0.25) is 0 Å². The third-order valence-electron chi connectivity index (χ3n) is 3.68. The summed E-state index contributed by atoms with van der Waals surface area (Å²) in [6.45, 7) is 3.42. The number of rotatable bonds is 5. The monoisotopic (exact) mass is 414 g/mol. The van der Waals surface area contributed by atoms with Crippen LogP contribution in [0, 0.1) is 5.92 Å². The van der Waals surface area contributed by atoms with Gasteiger partial charge in [-0.25, -0.2) is 9.59 Å². The summed E-state index contributed by atoms with van der Waals surface area (Å²) in [6.07, 6.45) is -10.0. The smallest absolute Gasteiger partial charge is 0.341 e. The first-order valence-corrected chi connectivity index (χ1v) is 8.06. The number of nitrogens with one attached hydrogen (secondary N) is 4. The van der Waals surface area contributed by atoms with Crippen LogP contribution in [0.3, 0.4) is 0 Å². The minimum Gasteiger partial charge on any atom is -0.341 e. The van der Waals surface area contributed by atoms with Crippen molar-refractivity contribution in [2.45, 2.75) is 32.2 Å². The van der Waals surface area contributed by atoms with E-state index < -0.39 is 47.3 Å².